The van der Waals surface area contributed by atoms with Crippen LogP contribution in [0.15, 0.2) is 23.2 Å². The first kappa shape index (κ1) is 17.7. The number of carbonyl (C=O) groups is 1. The second kappa shape index (κ2) is 6.45. The highest BCUT2D eigenvalue weighted by Gasteiger charge is 2.49. The molecule has 0 bridgehead atoms. The van der Waals surface area contributed by atoms with Crippen molar-refractivity contribution < 1.29 is 22.7 Å². The predicted octanol–water partition coefficient (Wildman–Crippen LogP) is 1.72. The molecule has 3 aliphatic rings. The quantitative estimate of drug-likeness (QED) is 0.766. The lowest BCUT2D eigenvalue weighted by Crippen LogP contribution is -2.37. The molecule has 140 valence electrons. The first-order chi connectivity index (χ1) is 12.4. The molecule has 1 amide bonds. The van der Waals surface area contributed by atoms with E-state index >= 15 is 0 Å². The number of benzene rings is 1. The average molecular weight is 396 g/mol. The Kier molecular flexibility index (Phi) is 4.38. The Morgan fingerprint density at radius 3 is 2.58 bits per heavy atom. The summed E-state index contributed by atoms with van der Waals surface area (Å²) in [7, 11) is 0.0208. The van der Waals surface area contributed by atoms with Gasteiger partial charge in [-0.25, -0.2) is 8.42 Å². The SMILES string of the molecule is COc1ccc(N2C(=NC(=O)C3CC3)S[C@@H]3CS(=O)(=O)C[C@H]32)cc1OC. The Hall–Kier alpha value is -1.74. The van der Waals surface area contributed by atoms with Crippen LogP contribution < -0.4 is 14.4 Å². The minimum Gasteiger partial charge on any atom is -0.493 e. The van der Waals surface area contributed by atoms with Crippen LogP contribution in [0.4, 0.5) is 5.69 Å². The van der Waals surface area contributed by atoms with E-state index in [4.69, 9.17) is 9.47 Å². The zero-order valence-corrected chi connectivity index (χ0v) is 16.2. The van der Waals surface area contributed by atoms with Crippen LogP contribution in [-0.4, -0.2) is 56.5 Å². The molecule has 1 aromatic rings. The number of methoxy groups -OCH3 is 2. The summed E-state index contributed by atoms with van der Waals surface area (Å²) in [4.78, 5) is 18.4. The molecule has 9 heteroatoms. The van der Waals surface area contributed by atoms with E-state index in [1.807, 2.05) is 11.0 Å². The molecule has 2 aliphatic heterocycles. The number of fused-ring (bicyclic) bond motifs is 1. The van der Waals surface area contributed by atoms with Gasteiger partial charge in [0.25, 0.3) is 5.91 Å². The number of amides is 1. The Morgan fingerprint density at radius 1 is 1.19 bits per heavy atom. The van der Waals surface area contributed by atoms with Crippen molar-refractivity contribution in [2.75, 3.05) is 30.6 Å². The van der Waals surface area contributed by atoms with E-state index in [1.165, 1.54) is 11.8 Å². The summed E-state index contributed by atoms with van der Waals surface area (Å²) < 4.78 is 34.8. The van der Waals surface area contributed by atoms with Gasteiger partial charge in [0.1, 0.15) is 0 Å². The number of rotatable bonds is 4. The third-order valence-corrected chi connectivity index (χ3v) is 8.05. The second-order valence-corrected chi connectivity index (χ2v) is 10.1. The predicted molar refractivity (Wildman–Crippen MR) is 101 cm³/mol. The van der Waals surface area contributed by atoms with Gasteiger partial charge in [-0.15, -0.1) is 0 Å². The van der Waals surface area contributed by atoms with Crippen molar-refractivity contribution in [2.24, 2.45) is 10.9 Å². The number of hydrogen-bond acceptors (Lipinski definition) is 6. The molecule has 4 rings (SSSR count). The molecule has 7 nitrogen and oxygen atoms in total. The molecule has 1 aromatic carbocycles. The lowest BCUT2D eigenvalue weighted by molar-refractivity contribution is -0.118. The summed E-state index contributed by atoms with van der Waals surface area (Å²) >= 11 is 1.39. The largest absolute Gasteiger partial charge is 0.493 e. The lowest BCUT2D eigenvalue weighted by Gasteiger charge is -2.25. The van der Waals surface area contributed by atoms with Gasteiger partial charge in [-0.2, -0.15) is 4.99 Å². The Labute approximate surface area is 156 Å². The van der Waals surface area contributed by atoms with Crippen LogP contribution in [0.1, 0.15) is 12.8 Å². The van der Waals surface area contributed by atoms with E-state index in [-0.39, 0.29) is 34.6 Å². The van der Waals surface area contributed by atoms with Crippen LogP contribution in [-0.2, 0) is 14.6 Å². The van der Waals surface area contributed by atoms with Crippen LogP contribution in [0.5, 0.6) is 11.5 Å². The molecule has 2 saturated heterocycles. The summed E-state index contributed by atoms with van der Waals surface area (Å²) in [6.45, 7) is 0. The van der Waals surface area contributed by atoms with Gasteiger partial charge in [-0.1, -0.05) is 11.8 Å². The fourth-order valence-electron chi connectivity index (χ4n) is 3.36. The minimum absolute atomic E-state index is 0.0273. The zero-order chi connectivity index (χ0) is 18.5. The third-order valence-electron chi connectivity index (χ3n) is 4.84. The number of ether oxygens (including phenoxy) is 2. The number of thioether (sulfide) groups is 1. The Balaban J connectivity index is 1.74. The average Bonchev–Trinajstić information content (AvgIpc) is 3.35. The summed E-state index contributed by atoms with van der Waals surface area (Å²) in [5.41, 5.74) is 0.752. The molecular weight excluding hydrogens is 376 g/mol. The van der Waals surface area contributed by atoms with E-state index in [9.17, 15) is 13.2 Å². The van der Waals surface area contributed by atoms with Gasteiger partial charge in [-0.05, 0) is 25.0 Å². The van der Waals surface area contributed by atoms with E-state index in [1.54, 1.807) is 26.4 Å². The molecule has 0 unspecified atom stereocenters. The Bertz CT molecular complexity index is 879. The fourth-order valence-corrected chi connectivity index (χ4v) is 7.28. The minimum atomic E-state index is -3.09. The smallest absolute Gasteiger partial charge is 0.251 e. The molecular formula is C17H20N2O5S2. The standard InChI is InChI=1S/C17H20N2O5S2/c1-23-13-6-5-11(7-14(13)24-2)19-12-8-26(21,22)9-15(12)25-17(19)18-16(20)10-3-4-10/h5-7,10,12,15H,3-4,8-9H2,1-2H3/t12-,15-/m1/s1. The highest BCUT2D eigenvalue weighted by molar-refractivity contribution is 8.16. The van der Waals surface area contributed by atoms with Gasteiger partial charge < -0.3 is 14.4 Å². The van der Waals surface area contributed by atoms with Gasteiger partial charge in [0.05, 0.1) is 31.8 Å². The zero-order valence-electron chi connectivity index (χ0n) is 14.5. The van der Waals surface area contributed by atoms with Crippen molar-refractivity contribution in [1.82, 2.24) is 0 Å². The maximum Gasteiger partial charge on any atom is 0.251 e. The number of anilines is 1. The highest BCUT2D eigenvalue weighted by atomic mass is 32.2. The van der Waals surface area contributed by atoms with E-state index < -0.39 is 9.84 Å². The van der Waals surface area contributed by atoms with Crippen LogP contribution in [0.2, 0.25) is 0 Å². The second-order valence-electron chi connectivity index (χ2n) is 6.72. The van der Waals surface area contributed by atoms with Gasteiger partial charge in [0.15, 0.2) is 26.5 Å². The van der Waals surface area contributed by atoms with Crippen molar-refractivity contribution in [3.63, 3.8) is 0 Å². The van der Waals surface area contributed by atoms with Crippen molar-refractivity contribution >= 4 is 38.4 Å². The first-order valence-corrected chi connectivity index (χ1v) is 11.1. The monoisotopic (exact) mass is 396 g/mol. The number of carbonyl (C=O) groups excluding carboxylic acids is 1. The summed E-state index contributed by atoms with van der Waals surface area (Å²) in [5.74, 6) is 1.23. The van der Waals surface area contributed by atoms with Gasteiger partial charge in [-0.3, -0.25) is 4.79 Å². The molecule has 26 heavy (non-hydrogen) atoms. The number of hydrogen-bond donors (Lipinski definition) is 0. The highest BCUT2D eigenvalue weighted by Crippen LogP contribution is 2.43. The van der Waals surface area contributed by atoms with E-state index in [0.717, 1.165) is 18.5 Å². The molecule has 2 heterocycles. The molecule has 0 spiro atoms. The number of aliphatic imine (C=N–C) groups is 1. The third kappa shape index (κ3) is 3.18. The number of amidine groups is 1. The maximum absolute atomic E-state index is 12.2. The van der Waals surface area contributed by atoms with Crippen molar-refractivity contribution in [1.29, 1.82) is 0 Å². The van der Waals surface area contributed by atoms with Crippen LogP contribution in [0.25, 0.3) is 0 Å². The van der Waals surface area contributed by atoms with Crippen LogP contribution in [0.3, 0.4) is 0 Å². The number of nitrogens with zero attached hydrogens (tertiary/aromatic N) is 2. The topological polar surface area (TPSA) is 85.3 Å². The molecule has 0 radical (unpaired) electrons. The fraction of sp³-hybridized carbons (Fsp3) is 0.529. The maximum atomic E-state index is 12.2. The van der Waals surface area contributed by atoms with Crippen molar-refractivity contribution in [3.8, 4) is 11.5 Å². The molecule has 3 fully saturated rings. The number of sulfone groups is 1. The van der Waals surface area contributed by atoms with Crippen molar-refractivity contribution in [2.45, 2.75) is 24.1 Å². The normalized spacial score (nSPS) is 28.2. The molecule has 2 atom stereocenters. The lowest BCUT2D eigenvalue weighted by atomic mass is 10.2. The molecule has 0 aromatic heterocycles. The summed E-state index contributed by atoms with van der Waals surface area (Å²) in [6, 6.07) is 5.18. The molecule has 0 N–H and O–H groups in total. The van der Waals surface area contributed by atoms with Gasteiger partial charge >= 0.3 is 0 Å². The summed E-state index contributed by atoms with van der Waals surface area (Å²) in [6.07, 6.45) is 1.77. The van der Waals surface area contributed by atoms with E-state index in [2.05, 4.69) is 4.99 Å². The van der Waals surface area contributed by atoms with E-state index in [0.29, 0.717) is 16.7 Å². The molecule has 1 aliphatic carbocycles. The van der Waals surface area contributed by atoms with Gasteiger partial charge in [0.2, 0.25) is 0 Å². The molecule has 1 saturated carbocycles. The summed E-state index contributed by atoms with van der Waals surface area (Å²) in [5, 5.41) is 0.470. The Morgan fingerprint density at radius 2 is 1.92 bits per heavy atom. The van der Waals surface area contributed by atoms with Gasteiger partial charge in [0, 0.05) is 22.9 Å². The van der Waals surface area contributed by atoms with Crippen molar-refractivity contribution in [3.05, 3.63) is 18.2 Å². The van der Waals surface area contributed by atoms with Crippen LogP contribution in [0, 0.1) is 5.92 Å². The van der Waals surface area contributed by atoms with Crippen LogP contribution >= 0.6 is 11.8 Å². The first-order valence-electron chi connectivity index (χ1n) is 8.43.